The SMILES string of the molecule is O=C(O)C(F)(F)F.O=C(O)C(F)(F)F.O=C1CC2(CCN(C(=O)c3cccnc3)CC2)CN1Cc1cccnc1. The van der Waals surface area contributed by atoms with E-state index >= 15 is 0 Å². The van der Waals surface area contributed by atoms with Gasteiger partial charge >= 0.3 is 24.3 Å². The van der Waals surface area contributed by atoms with E-state index in [0.29, 0.717) is 31.6 Å². The number of hydrogen-bond donors (Lipinski definition) is 2. The van der Waals surface area contributed by atoms with Gasteiger partial charge in [0.1, 0.15) is 0 Å². The summed E-state index contributed by atoms with van der Waals surface area (Å²) in [6.07, 6.45) is -1.01. The molecule has 1 spiro atoms. The summed E-state index contributed by atoms with van der Waals surface area (Å²) in [5, 5.41) is 14.2. The van der Waals surface area contributed by atoms with Crippen molar-refractivity contribution in [2.24, 2.45) is 5.41 Å². The van der Waals surface area contributed by atoms with E-state index < -0.39 is 24.3 Å². The first-order valence-electron chi connectivity index (χ1n) is 11.5. The van der Waals surface area contributed by atoms with Crippen LogP contribution in [0, 0.1) is 5.41 Å². The minimum absolute atomic E-state index is 0.00497. The largest absolute Gasteiger partial charge is 0.490 e. The van der Waals surface area contributed by atoms with E-state index in [0.717, 1.165) is 24.9 Å². The molecule has 16 heteroatoms. The molecule has 40 heavy (non-hydrogen) atoms. The molecule has 0 atom stereocenters. The molecule has 4 rings (SSSR count). The maximum Gasteiger partial charge on any atom is 0.490 e. The molecule has 2 aromatic heterocycles. The Hall–Kier alpha value is -4.24. The van der Waals surface area contributed by atoms with Gasteiger partial charge in [-0.3, -0.25) is 19.6 Å². The van der Waals surface area contributed by atoms with E-state index in [-0.39, 0.29) is 17.2 Å². The van der Waals surface area contributed by atoms with Gasteiger partial charge in [-0.2, -0.15) is 26.3 Å². The molecular formula is C24H24F6N4O6. The van der Waals surface area contributed by atoms with Crippen molar-refractivity contribution in [3.05, 3.63) is 60.2 Å². The monoisotopic (exact) mass is 578 g/mol. The second-order valence-electron chi connectivity index (χ2n) is 8.93. The zero-order valence-corrected chi connectivity index (χ0v) is 20.7. The van der Waals surface area contributed by atoms with Crippen molar-refractivity contribution < 1.29 is 55.7 Å². The Morgan fingerprint density at radius 1 is 0.875 bits per heavy atom. The fraction of sp³-hybridized carbons (Fsp3) is 0.417. The topological polar surface area (TPSA) is 141 Å². The number of carboxylic acids is 2. The molecular weight excluding hydrogens is 554 g/mol. The molecule has 2 aliphatic heterocycles. The van der Waals surface area contributed by atoms with Gasteiger partial charge in [0.15, 0.2) is 0 Å². The van der Waals surface area contributed by atoms with E-state index in [1.807, 2.05) is 28.1 Å². The van der Waals surface area contributed by atoms with Crippen LogP contribution in [0.15, 0.2) is 49.1 Å². The molecule has 2 fully saturated rings. The number of amides is 2. The van der Waals surface area contributed by atoms with Gasteiger partial charge in [0.25, 0.3) is 5.91 Å². The first-order chi connectivity index (χ1) is 18.5. The number of rotatable bonds is 3. The maximum absolute atomic E-state index is 12.6. The summed E-state index contributed by atoms with van der Waals surface area (Å²) >= 11 is 0. The lowest BCUT2D eigenvalue weighted by atomic mass is 9.77. The summed E-state index contributed by atoms with van der Waals surface area (Å²) in [4.78, 5) is 54.9. The molecule has 0 aliphatic carbocycles. The highest BCUT2D eigenvalue weighted by molar-refractivity contribution is 5.94. The number of aliphatic carboxylic acids is 2. The first-order valence-corrected chi connectivity index (χ1v) is 11.5. The Morgan fingerprint density at radius 3 is 1.80 bits per heavy atom. The Morgan fingerprint density at radius 2 is 1.38 bits per heavy atom. The third kappa shape index (κ3) is 9.50. The summed E-state index contributed by atoms with van der Waals surface area (Å²) in [6.45, 7) is 2.78. The normalized spacial score (nSPS) is 16.4. The van der Waals surface area contributed by atoms with Crippen molar-refractivity contribution in [1.82, 2.24) is 19.8 Å². The van der Waals surface area contributed by atoms with E-state index in [4.69, 9.17) is 19.8 Å². The van der Waals surface area contributed by atoms with E-state index in [2.05, 4.69) is 9.97 Å². The summed E-state index contributed by atoms with van der Waals surface area (Å²) in [7, 11) is 0. The second-order valence-corrected chi connectivity index (χ2v) is 8.93. The molecule has 10 nitrogen and oxygen atoms in total. The number of halogens is 6. The quantitative estimate of drug-likeness (QED) is 0.528. The van der Waals surface area contributed by atoms with Crippen LogP contribution in [0.25, 0.3) is 0 Å². The zero-order chi connectivity index (χ0) is 30.1. The first kappa shape index (κ1) is 32.0. The van der Waals surface area contributed by atoms with Crippen LogP contribution in [0.1, 0.15) is 35.2 Å². The Labute approximate surface area is 223 Å². The van der Waals surface area contributed by atoms with Crippen molar-refractivity contribution in [2.45, 2.75) is 38.2 Å². The lowest BCUT2D eigenvalue weighted by molar-refractivity contribution is -0.193. The highest BCUT2D eigenvalue weighted by atomic mass is 19.4. The minimum atomic E-state index is -5.08. The van der Waals surface area contributed by atoms with Crippen LogP contribution in [0.4, 0.5) is 26.3 Å². The third-order valence-electron chi connectivity index (χ3n) is 6.01. The molecule has 2 aliphatic rings. The van der Waals surface area contributed by atoms with E-state index in [9.17, 15) is 35.9 Å². The fourth-order valence-corrected chi connectivity index (χ4v) is 4.03. The number of aromatic nitrogens is 2. The minimum Gasteiger partial charge on any atom is -0.475 e. The molecule has 2 saturated heterocycles. The van der Waals surface area contributed by atoms with Crippen LogP contribution >= 0.6 is 0 Å². The highest BCUT2D eigenvalue weighted by Crippen LogP contribution is 2.41. The number of piperidine rings is 1. The maximum atomic E-state index is 12.6. The molecule has 0 unspecified atom stereocenters. The van der Waals surface area contributed by atoms with Crippen molar-refractivity contribution in [3.8, 4) is 0 Å². The second kappa shape index (κ2) is 13.2. The Bertz CT molecular complexity index is 1150. The number of carboxylic acid groups (broad SMARTS) is 2. The van der Waals surface area contributed by atoms with Gasteiger partial charge in [-0.15, -0.1) is 0 Å². The number of hydrogen-bond acceptors (Lipinski definition) is 6. The van der Waals surface area contributed by atoms with Gasteiger partial charge < -0.3 is 20.0 Å². The average molecular weight is 578 g/mol. The molecule has 2 N–H and O–H groups in total. The molecule has 4 heterocycles. The molecule has 0 radical (unpaired) electrons. The molecule has 218 valence electrons. The lowest BCUT2D eigenvalue weighted by Crippen LogP contribution is -2.44. The summed E-state index contributed by atoms with van der Waals surface area (Å²) < 4.78 is 63.5. The molecule has 2 aromatic rings. The van der Waals surface area contributed by atoms with Gasteiger partial charge in [0.2, 0.25) is 5.91 Å². The number of carbonyl (C=O) groups excluding carboxylic acids is 2. The molecule has 0 bridgehead atoms. The van der Waals surface area contributed by atoms with Crippen LogP contribution in [0.2, 0.25) is 0 Å². The highest BCUT2D eigenvalue weighted by Gasteiger charge is 2.45. The predicted molar refractivity (Wildman–Crippen MR) is 123 cm³/mol. The Kier molecular flexibility index (Phi) is 10.6. The van der Waals surface area contributed by atoms with Gasteiger partial charge in [-0.05, 0) is 36.6 Å². The number of alkyl halides is 6. The predicted octanol–water partition coefficient (Wildman–Crippen LogP) is 3.40. The Balaban J connectivity index is 0.000000333. The van der Waals surface area contributed by atoms with Crippen LogP contribution in [0.3, 0.4) is 0 Å². The van der Waals surface area contributed by atoms with E-state index in [1.54, 1.807) is 30.7 Å². The van der Waals surface area contributed by atoms with Crippen LogP contribution in [-0.2, 0) is 20.9 Å². The van der Waals surface area contributed by atoms with Crippen molar-refractivity contribution in [3.63, 3.8) is 0 Å². The average Bonchev–Trinajstić information content (AvgIpc) is 3.18. The summed E-state index contributed by atoms with van der Waals surface area (Å²) in [5.41, 5.74) is 1.69. The molecule has 0 aromatic carbocycles. The smallest absolute Gasteiger partial charge is 0.475 e. The number of nitrogens with zero attached hydrogens (tertiary/aromatic N) is 4. The van der Waals surface area contributed by atoms with E-state index in [1.165, 1.54) is 0 Å². The van der Waals surface area contributed by atoms with Crippen LogP contribution in [-0.4, -0.2) is 85.7 Å². The van der Waals surface area contributed by atoms with Gasteiger partial charge in [0, 0.05) is 62.8 Å². The van der Waals surface area contributed by atoms with Crippen molar-refractivity contribution in [2.75, 3.05) is 19.6 Å². The van der Waals surface area contributed by atoms with Crippen molar-refractivity contribution in [1.29, 1.82) is 0 Å². The van der Waals surface area contributed by atoms with Gasteiger partial charge in [-0.1, -0.05) is 6.07 Å². The summed E-state index contributed by atoms with van der Waals surface area (Å²) in [6, 6.07) is 7.48. The van der Waals surface area contributed by atoms with Gasteiger partial charge in [-0.25, -0.2) is 9.59 Å². The fourth-order valence-electron chi connectivity index (χ4n) is 4.03. The zero-order valence-electron chi connectivity index (χ0n) is 20.7. The van der Waals surface area contributed by atoms with Crippen LogP contribution in [0.5, 0.6) is 0 Å². The number of pyridine rings is 2. The lowest BCUT2D eigenvalue weighted by Gasteiger charge is -2.38. The molecule has 2 amide bonds. The third-order valence-corrected chi connectivity index (χ3v) is 6.01. The van der Waals surface area contributed by atoms with Crippen molar-refractivity contribution >= 4 is 23.8 Å². The van der Waals surface area contributed by atoms with Crippen LogP contribution < -0.4 is 0 Å². The standard InChI is InChI=1S/C20H22N4O2.2C2HF3O2/c25-18-11-20(15-24(18)14-16-3-1-7-21-12-16)5-9-23(10-6-20)19(26)17-4-2-8-22-13-17;2*3-2(4,5)1(6)7/h1-4,7-8,12-13H,5-6,9-11,14-15H2;2*(H,6,7). The summed E-state index contributed by atoms with van der Waals surface area (Å²) in [5.74, 6) is -5.27. The number of likely N-dealkylation sites (tertiary alicyclic amines) is 2. The molecule has 0 saturated carbocycles. The number of carbonyl (C=O) groups is 4. The van der Waals surface area contributed by atoms with Gasteiger partial charge in [0.05, 0.1) is 5.56 Å².